The molecule has 22 heavy (non-hydrogen) atoms. The molecule has 0 spiro atoms. The van der Waals surface area contributed by atoms with Gasteiger partial charge in [-0.1, -0.05) is 30.4 Å². The highest BCUT2D eigenvalue weighted by Gasteiger charge is 2.44. The van der Waals surface area contributed by atoms with Crippen molar-refractivity contribution in [2.24, 2.45) is 5.92 Å². The van der Waals surface area contributed by atoms with E-state index in [2.05, 4.69) is 4.98 Å². The van der Waals surface area contributed by atoms with E-state index in [0.717, 1.165) is 41.2 Å². The molecule has 1 saturated carbocycles. The minimum atomic E-state index is -1.20. The predicted molar refractivity (Wildman–Crippen MR) is 85.4 cm³/mol. The van der Waals surface area contributed by atoms with E-state index < -0.39 is 5.67 Å². The molecule has 1 atom stereocenters. The molecular weight excluding hydrogens is 277 g/mol. The SMILES string of the molecule is O=Cc1cnc2ccccc2c1C1=CCC(F)(C2CC2)C=C1. The van der Waals surface area contributed by atoms with Gasteiger partial charge in [0.05, 0.1) is 5.52 Å². The van der Waals surface area contributed by atoms with Crippen molar-refractivity contribution >= 4 is 22.8 Å². The zero-order valence-corrected chi connectivity index (χ0v) is 12.1. The van der Waals surface area contributed by atoms with Gasteiger partial charge in [0.1, 0.15) is 5.67 Å². The number of benzene rings is 1. The molecule has 0 radical (unpaired) electrons. The molecule has 2 nitrogen and oxygen atoms in total. The molecule has 2 aliphatic rings. The molecule has 1 unspecified atom stereocenters. The second-order valence-electron chi connectivity index (χ2n) is 6.12. The summed E-state index contributed by atoms with van der Waals surface area (Å²) < 4.78 is 14.7. The third kappa shape index (κ3) is 2.08. The number of hydrogen-bond acceptors (Lipinski definition) is 2. The van der Waals surface area contributed by atoms with Crippen LogP contribution in [0.15, 0.2) is 48.7 Å². The Hall–Kier alpha value is -2.29. The minimum Gasteiger partial charge on any atom is -0.298 e. The number of aromatic nitrogens is 1. The smallest absolute Gasteiger partial charge is 0.152 e. The number of fused-ring (bicyclic) bond motifs is 1. The lowest BCUT2D eigenvalue weighted by atomic mass is 9.85. The molecule has 1 aromatic carbocycles. The quantitative estimate of drug-likeness (QED) is 0.779. The highest BCUT2D eigenvalue weighted by atomic mass is 19.1. The number of rotatable bonds is 3. The van der Waals surface area contributed by atoms with Gasteiger partial charge in [0.15, 0.2) is 6.29 Å². The summed E-state index contributed by atoms with van der Waals surface area (Å²) in [6, 6.07) is 7.73. The summed E-state index contributed by atoms with van der Waals surface area (Å²) >= 11 is 0. The maximum absolute atomic E-state index is 14.7. The van der Waals surface area contributed by atoms with Crippen molar-refractivity contribution in [2.45, 2.75) is 24.9 Å². The molecule has 0 bridgehead atoms. The lowest BCUT2D eigenvalue weighted by Gasteiger charge is -2.24. The van der Waals surface area contributed by atoms with E-state index >= 15 is 0 Å². The molecule has 3 heteroatoms. The Labute approximate surface area is 128 Å². The Morgan fingerprint density at radius 1 is 1.27 bits per heavy atom. The molecule has 110 valence electrons. The Kier molecular flexibility index (Phi) is 2.96. The van der Waals surface area contributed by atoms with Gasteiger partial charge in [-0.2, -0.15) is 0 Å². The van der Waals surface area contributed by atoms with Gasteiger partial charge in [0, 0.05) is 29.1 Å². The molecule has 2 aromatic rings. The summed E-state index contributed by atoms with van der Waals surface area (Å²) in [5.74, 6) is 0.168. The third-order valence-electron chi connectivity index (χ3n) is 4.65. The van der Waals surface area contributed by atoms with Crippen molar-refractivity contribution < 1.29 is 9.18 Å². The fourth-order valence-corrected chi connectivity index (χ4v) is 3.25. The summed E-state index contributed by atoms with van der Waals surface area (Å²) in [6.45, 7) is 0. The lowest BCUT2D eigenvalue weighted by molar-refractivity contribution is 0.112. The van der Waals surface area contributed by atoms with Crippen molar-refractivity contribution in [2.75, 3.05) is 0 Å². The molecule has 0 aliphatic heterocycles. The third-order valence-corrected chi connectivity index (χ3v) is 4.65. The van der Waals surface area contributed by atoms with E-state index in [1.807, 2.05) is 36.4 Å². The largest absolute Gasteiger partial charge is 0.298 e. The van der Waals surface area contributed by atoms with E-state index in [0.29, 0.717) is 12.0 Å². The number of alkyl halides is 1. The van der Waals surface area contributed by atoms with Crippen LogP contribution < -0.4 is 0 Å². The number of carbonyl (C=O) groups is 1. The Morgan fingerprint density at radius 3 is 2.77 bits per heavy atom. The first-order chi connectivity index (χ1) is 10.7. The zero-order valence-electron chi connectivity index (χ0n) is 12.1. The van der Waals surface area contributed by atoms with Gasteiger partial charge in [-0.15, -0.1) is 0 Å². The number of para-hydroxylation sites is 1. The molecule has 4 rings (SSSR count). The Bertz CT molecular complexity index is 819. The monoisotopic (exact) mass is 293 g/mol. The van der Waals surface area contributed by atoms with E-state index in [4.69, 9.17) is 0 Å². The van der Waals surface area contributed by atoms with Crippen LogP contribution in [-0.4, -0.2) is 16.9 Å². The average Bonchev–Trinajstić information content (AvgIpc) is 3.40. The molecule has 1 aromatic heterocycles. The maximum atomic E-state index is 14.7. The van der Waals surface area contributed by atoms with Crippen molar-refractivity contribution in [1.82, 2.24) is 4.98 Å². The first kappa shape index (κ1) is 13.4. The predicted octanol–water partition coefficient (Wildman–Crippen LogP) is 4.51. The first-order valence-corrected chi connectivity index (χ1v) is 7.63. The zero-order chi connectivity index (χ0) is 15.2. The van der Waals surface area contributed by atoms with Crippen LogP contribution in [0.3, 0.4) is 0 Å². The van der Waals surface area contributed by atoms with Gasteiger partial charge in [-0.05, 0) is 36.5 Å². The number of pyridine rings is 1. The summed E-state index contributed by atoms with van der Waals surface area (Å²) in [7, 11) is 0. The Morgan fingerprint density at radius 2 is 2.09 bits per heavy atom. The van der Waals surface area contributed by atoms with E-state index in [1.54, 1.807) is 12.3 Å². The number of nitrogens with zero attached hydrogens (tertiary/aromatic N) is 1. The van der Waals surface area contributed by atoms with Crippen molar-refractivity contribution in [3.63, 3.8) is 0 Å². The van der Waals surface area contributed by atoms with Crippen LogP contribution in [0.25, 0.3) is 16.5 Å². The van der Waals surface area contributed by atoms with Crippen LogP contribution >= 0.6 is 0 Å². The van der Waals surface area contributed by atoms with E-state index in [1.165, 1.54) is 0 Å². The molecule has 2 aliphatic carbocycles. The standard InChI is InChI=1S/C19H16FNO/c20-19(15-5-6-15)9-7-13(8-10-19)18-14(12-22)11-21-17-4-2-1-3-16(17)18/h1-4,7-9,11-12,15H,5-6,10H2. The van der Waals surface area contributed by atoms with Crippen LogP contribution in [0.1, 0.15) is 35.2 Å². The first-order valence-electron chi connectivity index (χ1n) is 7.63. The van der Waals surface area contributed by atoms with Crippen LogP contribution in [-0.2, 0) is 0 Å². The fraction of sp³-hybridized carbons (Fsp3) is 0.263. The van der Waals surface area contributed by atoms with Crippen molar-refractivity contribution in [1.29, 1.82) is 0 Å². The van der Waals surface area contributed by atoms with Gasteiger partial charge in [0.25, 0.3) is 0 Å². The number of allylic oxidation sites excluding steroid dienone is 4. The summed E-state index contributed by atoms with van der Waals surface area (Å²) in [4.78, 5) is 15.7. The molecule has 0 amide bonds. The van der Waals surface area contributed by atoms with Crippen LogP contribution in [0, 0.1) is 5.92 Å². The maximum Gasteiger partial charge on any atom is 0.152 e. The number of carbonyl (C=O) groups excluding carboxylic acids is 1. The van der Waals surface area contributed by atoms with E-state index in [-0.39, 0.29) is 5.92 Å². The van der Waals surface area contributed by atoms with Crippen LogP contribution in [0.5, 0.6) is 0 Å². The highest BCUT2D eigenvalue weighted by Crippen LogP contribution is 2.47. The second-order valence-corrected chi connectivity index (χ2v) is 6.12. The lowest BCUT2D eigenvalue weighted by Crippen LogP contribution is -2.23. The van der Waals surface area contributed by atoms with Crippen molar-refractivity contribution in [3.05, 3.63) is 59.8 Å². The van der Waals surface area contributed by atoms with Gasteiger partial charge in [0.2, 0.25) is 0 Å². The number of aldehydes is 1. The number of hydrogen-bond donors (Lipinski definition) is 0. The van der Waals surface area contributed by atoms with Gasteiger partial charge in [-0.3, -0.25) is 9.78 Å². The fourth-order valence-electron chi connectivity index (χ4n) is 3.25. The summed E-state index contributed by atoms with van der Waals surface area (Å²) in [5, 5.41) is 0.931. The topological polar surface area (TPSA) is 30.0 Å². The number of halogens is 1. The highest BCUT2D eigenvalue weighted by molar-refractivity contribution is 6.01. The summed E-state index contributed by atoms with van der Waals surface area (Å²) in [6.07, 6.45) is 10.2. The van der Waals surface area contributed by atoms with Gasteiger partial charge >= 0.3 is 0 Å². The average molecular weight is 293 g/mol. The molecule has 1 heterocycles. The molecule has 0 saturated heterocycles. The van der Waals surface area contributed by atoms with Crippen LogP contribution in [0.2, 0.25) is 0 Å². The van der Waals surface area contributed by atoms with Gasteiger partial charge in [-0.25, -0.2) is 4.39 Å². The van der Waals surface area contributed by atoms with Crippen LogP contribution in [0.4, 0.5) is 4.39 Å². The van der Waals surface area contributed by atoms with E-state index in [9.17, 15) is 9.18 Å². The molecular formula is C19H16FNO. The second kappa shape index (κ2) is 4.87. The van der Waals surface area contributed by atoms with Crippen molar-refractivity contribution in [3.8, 4) is 0 Å². The molecule has 1 fully saturated rings. The minimum absolute atomic E-state index is 0.168. The summed E-state index contributed by atoms with van der Waals surface area (Å²) in [5.41, 5.74) is 1.96. The molecule has 0 N–H and O–H groups in total. The normalized spacial score (nSPS) is 24.3. The Balaban J connectivity index is 1.83. The van der Waals surface area contributed by atoms with Gasteiger partial charge < -0.3 is 0 Å².